The number of aryl methyl sites for hydroxylation is 1. The van der Waals surface area contributed by atoms with Gasteiger partial charge in [0.15, 0.2) is 0 Å². The van der Waals surface area contributed by atoms with Gasteiger partial charge < -0.3 is 19.3 Å². The van der Waals surface area contributed by atoms with Crippen LogP contribution in [0.1, 0.15) is 5.69 Å². The van der Waals surface area contributed by atoms with E-state index in [9.17, 15) is 0 Å². The lowest BCUT2D eigenvalue weighted by atomic mass is 10.4. The summed E-state index contributed by atoms with van der Waals surface area (Å²) in [7, 11) is 0. The molecule has 0 atom stereocenters. The summed E-state index contributed by atoms with van der Waals surface area (Å²) in [5.41, 5.74) is 0.799. The fourth-order valence-electron chi connectivity index (χ4n) is 2.84. The average Bonchev–Trinajstić information content (AvgIpc) is 2.68. The highest BCUT2D eigenvalue weighted by atomic mass is 35.5. The molecule has 2 saturated heterocycles. The van der Waals surface area contributed by atoms with E-state index < -0.39 is 0 Å². The number of hydrogen-bond donors (Lipinski definition) is 0. The fraction of sp³-hybridized carbons (Fsp3) is 0.562. The van der Waals surface area contributed by atoms with Crippen LogP contribution < -0.4 is 9.80 Å². The Morgan fingerprint density at radius 1 is 0.852 bits per heavy atom. The number of rotatable bonds is 4. The maximum Gasteiger partial charge on any atom is 0.231 e. The van der Waals surface area contributed by atoms with Gasteiger partial charge in [0.05, 0.1) is 26.4 Å². The van der Waals surface area contributed by atoms with Gasteiger partial charge in [-0.05, 0) is 36.4 Å². The molecule has 0 radical (unpaired) electrons. The zero-order valence-corrected chi connectivity index (χ0v) is 16.5. The number of anilines is 2. The molecule has 0 aliphatic carbocycles. The SMILES string of the molecule is Cc1cc(Sc2nc(N3CCOCC3)nc(N3CCOCC3)n2)nc(Cl)n1. The molecule has 0 saturated carbocycles. The molecule has 0 bridgehead atoms. The molecule has 0 N–H and O–H groups in total. The number of halogens is 1. The molecule has 4 heterocycles. The van der Waals surface area contributed by atoms with Gasteiger partial charge in [0, 0.05) is 31.9 Å². The molecule has 2 fully saturated rings. The van der Waals surface area contributed by atoms with Gasteiger partial charge in [0.2, 0.25) is 22.3 Å². The van der Waals surface area contributed by atoms with Crippen LogP contribution in [0.3, 0.4) is 0 Å². The highest BCUT2D eigenvalue weighted by Gasteiger charge is 2.21. The summed E-state index contributed by atoms with van der Waals surface area (Å²) in [6, 6.07) is 1.86. The first kappa shape index (κ1) is 18.6. The van der Waals surface area contributed by atoms with Crippen LogP contribution in [-0.2, 0) is 9.47 Å². The van der Waals surface area contributed by atoms with E-state index in [4.69, 9.17) is 26.1 Å². The molecule has 2 aromatic rings. The molecule has 0 spiro atoms. The van der Waals surface area contributed by atoms with Gasteiger partial charge in [-0.25, -0.2) is 9.97 Å². The Labute approximate surface area is 166 Å². The second-order valence-electron chi connectivity index (χ2n) is 6.14. The summed E-state index contributed by atoms with van der Waals surface area (Å²) in [5, 5.41) is 1.51. The minimum Gasteiger partial charge on any atom is -0.378 e. The predicted octanol–water partition coefficient (Wildman–Crippen LogP) is 1.45. The second-order valence-corrected chi connectivity index (χ2v) is 7.46. The van der Waals surface area contributed by atoms with Gasteiger partial charge in [-0.15, -0.1) is 0 Å². The van der Waals surface area contributed by atoms with Crippen molar-refractivity contribution < 1.29 is 9.47 Å². The van der Waals surface area contributed by atoms with Crippen molar-refractivity contribution in [3.05, 3.63) is 17.0 Å². The highest BCUT2D eigenvalue weighted by molar-refractivity contribution is 7.99. The smallest absolute Gasteiger partial charge is 0.231 e. The van der Waals surface area contributed by atoms with Crippen molar-refractivity contribution in [1.82, 2.24) is 24.9 Å². The van der Waals surface area contributed by atoms with Gasteiger partial charge in [-0.2, -0.15) is 15.0 Å². The third kappa shape index (κ3) is 4.75. The molecular weight excluding hydrogens is 390 g/mol. The summed E-state index contributed by atoms with van der Waals surface area (Å²) in [6.07, 6.45) is 0. The first-order valence-corrected chi connectivity index (χ1v) is 9.97. The minimum absolute atomic E-state index is 0.216. The summed E-state index contributed by atoms with van der Waals surface area (Å²) in [4.78, 5) is 26.6. The van der Waals surface area contributed by atoms with Crippen LogP contribution in [0.25, 0.3) is 0 Å². The lowest BCUT2D eigenvalue weighted by molar-refractivity contribution is 0.121. The molecule has 2 aliphatic rings. The van der Waals surface area contributed by atoms with Crippen LogP contribution in [-0.4, -0.2) is 77.5 Å². The lowest BCUT2D eigenvalue weighted by Gasteiger charge is -2.30. The van der Waals surface area contributed by atoms with Crippen molar-refractivity contribution in [2.75, 3.05) is 62.4 Å². The zero-order valence-electron chi connectivity index (χ0n) is 15.0. The van der Waals surface area contributed by atoms with Gasteiger partial charge in [-0.3, -0.25) is 0 Å². The first-order valence-electron chi connectivity index (χ1n) is 8.78. The number of morpholine rings is 2. The highest BCUT2D eigenvalue weighted by Crippen LogP contribution is 2.27. The van der Waals surface area contributed by atoms with Crippen molar-refractivity contribution >= 4 is 35.3 Å². The van der Waals surface area contributed by atoms with E-state index in [2.05, 4.69) is 29.7 Å². The van der Waals surface area contributed by atoms with Crippen molar-refractivity contribution in [3.63, 3.8) is 0 Å². The van der Waals surface area contributed by atoms with Crippen molar-refractivity contribution in [2.45, 2.75) is 17.1 Å². The molecule has 2 aliphatic heterocycles. The summed E-state index contributed by atoms with van der Waals surface area (Å²) >= 11 is 7.35. The van der Waals surface area contributed by atoms with E-state index >= 15 is 0 Å². The minimum atomic E-state index is 0.216. The van der Waals surface area contributed by atoms with Gasteiger partial charge in [0.1, 0.15) is 5.03 Å². The average molecular weight is 410 g/mol. The van der Waals surface area contributed by atoms with E-state index in [0.717, 1.165) is 31.9 Å². The zero-order chi connectivity index (χ0) is 18.6. The van der Waals surface area contributed by atoms with Crippen LogP contribution in [0.2, 0.25) is 5.28 Å². The van der Waals surface area contributed by atoms with E-state index in [1.165, 1.54) is 11.8 Å². The van der Waals surface area contributed by atoms with Crippen LogP contribution in [0.15, 0.2) is 16.2 Å². The summed E-state index contributed by atoms with van der Waals surface area (Å²) in [6.45, 7) is 7.59. The third-order valence-electron chi connectivity index (χ3n) is 4.18. The Hall–Kier alpha value is -1.75. The Bertz CT molecular complexity index is 744. The Balaban J connectivity index is 1.65. The molecule has 2 aromatic heterocycles. The van der Waals surface area contributed by atoms with Gasteiger partial charge in [-0.1, -0.05) is 0 Å². The van der Waals surface area contributed by atoms with Crippen molar-refractivity contribution in [3.8, 4) is 0 Å². The molecule has 9 nitrogen and oxygen atoms in total. The Morgan fingerprint density at radius 3 is 1.93 bits per heavy atom. The standard InChI is InChI=1S/C16H20ClN7O2S/c1-11-10-12(19-13(17)18-11)27-16-21-14(23-2-6-25-7-3-23)20-15(22-16)24-4-8-26-9-5-24/h10H,2-9H2,1H3. The maximum atomic E-state index is 5.99. The molecule has 27 heavy (non-hydrogen) atoms. The Morgan fingerprint density at radius 2 is 1.41 bits per heavy atom. The summed E-state index contributed by atoms with van der Waals surface area (Å²) < 4.78 is 10.9. The number of aromatic nitrogens is 5. The van der Waals surface area contributed by atoms with Crippen LogP contribution in [0.5, 0.6) is 0 Å². The monoisotopic (exact) mass is 409 g/mol. The van der Waals surface area contributed by atoms with E-state index in [1.807, 2.05) is 13.0 Å². The topological polar surface area (TPSA) is 89.4 Å². The van der Waals surface area contributed by atoms with E-state index in [-0.39, 0.29) is 5.28 Å². The van der Waals surface area contributed by atoms with Crippen molar-refractivity contribution in [2.24, 2.45) is 0 Å². The quantitative estimate of drug-likeness (QED) is 0.545. The molecule has 0 aromatic carbocycles. The van der Waals surface area contributed by atoms with Crippen LogP contribution >= 0.6 is 23.4 Å². The molecule has 11 heteroatoms. The predicted molar refractivity (Wildman–Crippen MR) is 102 cm³/mol. The van der Waals surface area contributed by atoms with Gasteiger partial charge >= 0.3 is 0 Å². The van der Waals surface area contributed by atoms with Crippen LogP contribution in [0.4, 0.5) is 11.9 Å². The van der Waals surface area contributed by atoms with Crippen LogP contribution in [0, 0.1) is 6.92 Å². The molecule has 144 valence electrons. The lowest BCUT2D eigenvalue weighted by Crippen LogP contribution is -2.40. The normalized spacial score (nSPS) is 18.0. The summed E-state index contributed by atoms with van der Waals surface area (Å²) in [5.74, 6) is 1.32. The number of hydrogen-bond acceptors (Lipinski definition) is 10. The molecule has 4 rings (SSSR count). The van der Waals surface area contributed by atoms with E-state index in [0.29, 0.717) is 48.5 Å². The fourth-order valence-corrected chi connectivity index (χ4v) is 3.92. The molecule has 0 amide bonds. The third-order valence-corrected chi connectivity index (χ3v) is 5.13. The van der Waals surface area contributed by atoms with Gasteiger partial charge in [0.25, 0.3) is 0 Å². The molecule has 0 unspecified atom stereocenters. The first-order chi connectivity index (χ1) is 13.2. The largest absolute Gasteiger partial charge is 0.378 e. The second kappa shape index (κ2) is 8.51. The Kier molecular flexibility index (Phi) is 5.86. The van der Waals surface area contributed by atoms with Crippen molar-refractivity contribution in [1.29, 1.82) is 0 Å². The number of nitrogens with zero attached hydrogens (tertiary/aromatic N) is 7. The van der Waals surface area contributed by atoms with E-state index in [1.54, 1.807) is 0 Å². The number of ether oxygens (including phenoxy) is 2. The molecular formula is C16H20ClN7O2S. The maximum absolute atomic E-state index is 5.99.